The third-order valence-electron chi connectivity index (χ3n) is 4.97. The number of hydrogen-bond donors (Lipinski definition) is 3. The number of hydrogen-bond acceptors (Lipinski definition) is 7. The van der Waals surface area contributed by atoms with Gasteiger partial charge in [-0.15, -0.1) is 0 Å². The van der Waals surface area contributed by atoms with Crippen molar-refractivity contribution in [3.05, 3.63) is 77.9 Å². The Hall–Kier alpha value is -5.07. The lowest BCUT2D eigenvalue weighted by atomic mass is 10.2. The van der Waals surface area contributed by atoms with Crippen molar-refractivity contribution in [2.45, 2.75) is 6.18 Å². The number of carbonyl (C=O) groups excluding carboxylic acids is 3. The molecular weight excluding hydrogens is 521 g/mol. The Bertz CT molecular complexity index is 1360. The van der Waals surface area contributed by atoms with Crippen molar-refractivity contribution in [2.24, 2.45) is 5.10 Å². The minimum Gasteiger partial charge on any atom is -0.497 e. The molecule has 13 heteroatoms. The molecule has 0 heterocycles. The van der Waals surface area contributed by atoms with Gasteiger partial charge in [-0.05, 0) is 54.6 Å². The van der Waals surface area contributed by atoms with Crippen LogP contribution in [-0.4, -0.2) is 44.8 Å². The van der Waals surface area contributed by atoms with Crippen LogP contribution in [0, 0.1) is 0 Å². The Labute approximate surface area is 220 Å². The van der Waals surface area contributed by atoms with Crippen LogP contribution in [-0.2, 0) is 20.6 Å². The first-order valence-corrected chi connectivity index (χ1v) is 11.2. The van der Waals surface area contributed by atoms with Gasteiger partial charge < -0.3 is 24.8 Å². The first kappa shape index (κ1) is 28.5. The van der Waals surface area contributed by atoms with Crippen molar-refractivity contribution in [1.82, 2.24) is 5.43 Å². The number of amides is 3. The normalized spacial score (nSPS) is 11.0. The molecule has 0 aliphatic heterocycles. The first-order chi connectivity index (χ1) is 18.6. The number of nitrogens with zero attached hydrogens (tertiary/aromatic N) is 1. The fourth-order valence-electron chi connectivity index (χ4n) is 3.13. The van der Waals surface area contributed by atoms with Gasteiger partial charge in [0.15, 0.2) is 18.1 Å². The van der Waals surface area contributed by atoms with Crippen molar-refractivity contribution >= 4 is 35.3 Å². The molecule has 0 saturated heterocycles. The highest BCUT2D eigenvalue weighted by Gasteiger charge is 2.30. The Morgan fingerprint density at radius 2 is 1.59 bits per heavy atom. The zero-order valence-corrected chi connectivity index (χ0v) is 20.7. The fourth-order valence-corrected chi connectivity index (χ4v) is 3.13. The number of carbonyl (C=O) groups is 3. The number of halogens is 3. The van der Waals surface area contributed by atoms with Crippen molar-refractivity contribution in [2.75, 3.05) is 31.5 Å². The Morgan fingerprint density at radius 1 is 0.872 bits per heavy atom. The topological polar surface area (TPSA) is 127 Å². The fraction of sp³-hybridized carbons (Fsp3) is 0.154. The van der Waals surface area contributed by atoms with E-state index >= 15 is 0 Å². The molecule has 3 N–H and O–H groups in total. The summed E-state index contributed by atoms with van der Waals surface area (Å²) in [4.78, 5) is 36.5. The molecule has 0 aromatic heterocycles. The summed E-state index contributed by atoms with van der Waals surface area (Å²) in [7, 11) is 2.91. The van der Waals surface area contributed by atoms with E-state index in [0.29, 0.717) is 23.1 Å². The van der Waals surface area contributed by atoms with Crippen LogP contribution in [0.15, 0.2) is 71.8 Å². The second kappa shape index (κ2) is 12.9. The summed E-state index contributed by atoms with van der Waals surface area (Å²) in [5.41, 5.74) is 1.60. The molecule has 0 aliphatic carbocycles. The molecule has 0 atom stereocenters. The Kier molecular flexibility index (Phi) is 9.46. The molecule has 3 amide bonds. The number of methoxy groups -OCH3 is 2. The van der Waals surface area contributed by atoms with E-state index in [0.717, 1.165) is 18.3 Å². The predicted molar refractivity (Wildman–Crippen MR) is 136 cm³/mol. The second-order valence-corrected chi connectivity index (χ2v) is 7.68. The van der Waals surface area contributed by atoms with Crippen LogP contribution in [0.4, 0.5) is 24.5 Å². The standard InChI is InChI=1S/C26H23F3N4O6/c1-37-20-11-9-18(10-12-20)31-22(34)15-39-23-16(5-3-8-21(23)38-2)14-30-33-25(36)24(35)32-19-7-4-6-17(13-19)26(27,28)29/h3-14H,15H2,1-2H3,(H,31,34)(H,32,35)(H,33,36)/b30-14-. The van der Waals surface area contributed by atoms with Crippen molar-refractivity contribution in [3.8, 4) is 17.2 Å². The summed E-state index contributed by atoms with van der Waals surface area (Å²) >= 11 is 0. The minimum absolute atomic E-state index is 0.135. The highest BCUT2D eigenvalue weighted by Crippen LogP contribution is 2.31. The largest absolute Gasteiger partial charge is 0.497 e. The van der Waals surface area contributed by atoms with Gasteiger partial charge in [-0.25, -0.2) is 5.43 Å². The third-order valence-corrected chi connectivity index (χ3v) is 4.97. The lowest BCUT2D eigenvalue weighted by Gasteiger charge is -2.13. The van der Waals surface area contributed by atoms with E-state index < -0.39 is 29.5 Å². The van der Waals surface area contributed by atoms with Crippen LogP contribution in [0.2, 0.25) is 0 Å². The van der Waals surface area contributed by atoms with Gasteiger partial charge in [0.1, 0.15) is 5.75 Å². The van der Waals surface area contributed by atoms with Crippen molar-refractivity contribution < 1.29 is 41.8 Å². The molecule has 0 aliphatic rings. The van der Waals surface area contributed by atoms with Gasteiger partial charge in [-0.3, -0.25) is 14.4 Å². The number of para-hydroxylation sites is 1. The second-order valence-electron chi connectivity index (χ2n) is 7.68. The molecule has 3 aromatic rings. The average molecular weight is 544 g/mol. The molecule has 0 unspecified atom stereocenters. The van der Waals surface area contributed by atoms with Crippen molar-refractivity contribution in [1.29, 1.82) is 0 Å². The Morgan fingerprint density at radius 3 is 2.26 bits per heavy atom. The molecule has 39 heavy (non-hydrogen) atoms. The Balaban J connectivity index is 1.61. The first-order valence-electron chi connectivity index (χ1n) is 11.2. The lowest BCUT2D eigenvalue weighted by Crippen LogP contribution is -2.32. The van der Waals surface area contributed by atoms with Crippen LogP contribution in [0.3, 0.4) is 0 Å². The number of rotatable bonds is 9. The van der Waals surface area contributed by atoms with Crippen LogP contribution in [0.5, 0.6) is 17.2 Å². The van der Waals surface area contributed by atoms with Crippen LogP contribution >= 0.6 is 0 Å². The number of ether oxygens (including phenoxy) is 3. The van der Waals surface area contributed by atoms with Crippen LogP contribution < -0.4 is 30.3 Å². The summed E-state index contributed by atoms with van der Waals surface area (Å²) in [6, 6.07) is 15.2. The van der Waals surface area contributed by atoms with E-state index in [9.17, 15) is 27.6 Å². The highest BCUT2D eigenvalue weighted by molar-refractivity contribution is 6.39. The number of hydrazone groups is 1. The van der Waals surface area contributed by atoms with Gasteiger partial charge in [-0.1, -0.05) is 12.1 Å². The van der Waals surface area contributed by atoms with Gasteiger partial charge >= 0.3 is 18.0 Å². The number of nitrogens with one attached hydrogen (secondary N) is 3. The smallest absolute Gasteiger partial charge is 0.416 e. The molecule has 3 rings (SSSR count). The molecule has 0 radical (unpaired) electrons. The molecule has 0 spiro atoms. The SMILES string of the molecule is COc1ccc(NC(=O)COc2c(/C=N\NC(=O)C(=O)Nc3cccc(C(F)(F)F)c3)cccc2OC)cc1. The van der Waals surface area contributed by atoms with Crippen LogP contribution in [0.1, 0.15) is 11.1 Å². The van der Waals surface area contributed by atoms with Gasteiger partial charge in [0.05, 0.1) is 26.0 Å². The summed E-state index contributed by atoms with van der Waals surface area (Å²) in [6.07, 6.45) is -3.46. The molecule has 204 valence electrons. The minimum atomic E-state index is -4.61. The maximum Gasteiger partial charge on any atom is 0.416 e. The maximum atomic E-state index is 12.8. The van der Waals surface area contributed by atoms with Gasteiger partial charge in [0.25, 0.3) is 5.91 Å². The summed E-state index contributed by atoms with van der Waals surface area (Å²) < 4.78 is 54.5. The molecule has 3 aromatic carbocycles. The van der Waals surface area contributed by atoms with Crippen molar-refractivity contribution in [3.63, 3.8) is 0 Å². The predicted octanol–water partition coefficient (Wildman–Crippen LogP) is 3.83. The number of benzene rings is 3. The monoisotopic (exact) mass is 544 g/mol. The van der Waals surface area contributed by atoms with E-state index in [4.69, 9.17) is 14.2 Å². The summed E-state index contributed by atoms with van der Waals surface area (Å²) in [5.74, 6) is -1.89. The van der Waals surface area contributed by atoms with E-state index in [1.54, 1.807) is 42.5 Å². The summed E-state index contributed by atoms with van der Waals surface area (Å²) in [5, 5.41) is 8.43. The van der Waals surface area contributed by atoms with E-state index in [2.05, 4.69) is 15.7 Å². The molecule has 0 bridgehead atoms. The molecular formula is C26H23F3N4O6. The van der Waals surface area contributed by atoms with E-state index in [1.165, 1.54) is 20.3 Å². The average Bonchev–Trinajstić information content (AvgIpc) is 2.92. The molecule has 0 saturated carbocycles. The third kappa shape index (κ3) is 8.21. The number of anilines is 2. The van der Waals surface area contributed by atoms with E-state index in [-0.39, 0.29) is 23.8 Å². The van der Waals surface area contributed by atoms with Gasteiger partial charge in [0.2, 0.25) is 0 Å². The zero-order chi connectivity index (χ0) is 28.4. The summed E-state index contributed by atoms with van der Waals surface area (Å²) in [6.45, 7) is -0.390. The lowest BCUT2D eigenvalue weighted by molar-refractivity contribution is -0.137. The maximum absolute atomic E-state index is 12.8. The van der Waals surface area contributed by atoms with Gasteiger partial charge in [-0.2, -0.15) is 18.3 Å². The van der Waals surface area contributed by atoms with Crippen LogP contribution in [0.25, 0.3) is 0 Å². The van der Waals surface area contributed by atoms with Gasteiger partial charge in [0, 0.05) is 16.9 Å². The quantitative estimate of drug-likeness (QED) is 0.214. The molecule has 0 fully saturated rings. The molecule has 10 nitrogen and oxygen atoms in total. The zero-order valence-electron chi connectivity index (χ0n) is 20.7. The highest BCUT2D eigenvalue weighted by atomic mass is 19.4. The van der Waals surface area contributed by atoms with E-state index in [1.807, 2.05) is 5.43 Å². The number of alkyl halides is 3.